The van der Waals surface area contributed by atoms with E-state index >= 15 is 0 Å². The standard InChI is InChI=1S/C39H50N6O11S/c1-22(2)34-37(49)42-20-28-29(54-5)10-9-11-30(28)56-32-18-25(13-15-31(32)55-6)36(48)41-16-7-8-17-45(21-33(47)43-35(24(4)46)38(50)44-34)39(51)27-19-26(57(40,52)53)14-12-23(27)3/h9-15,18-19,22,24,34-35,46H,7-8,16-17,20-21H2,1-6H3,(H,41,48)(H,42,49)(H,43,47)(H,44,50)(H2,40,52,53)/t24-,34-,35+/m1/s1. The van der Waals surface area contributed by atoms with Crippen LogP contribution in [-0.4, -0.2) is 100 Å². The molecule has 0 aliphatic carbocycles. The Bertz CT molecular complexity index is 2090. The number of hydrogen-bond acceptors (Lipinski definition) is 11. The lowest BCUT2D eigenvalue weighted by Crippen LogP contribution is -2.59. The van der Waals surface area contributed by atoms with E-state index in [0.29, 0.717) is 29.0 Å². The van der Waals surface area contributed by atoms with Gasteiger partial charge in [-0.1, -0.05) is 26.0 Å². The molecule has 3 aromatic carbocycles. The number of aliphatic hydroxyl groups is 1. The predicted octanol–water partition coefficient (Wildman–Crippen LogP) is 1.74. The fourth-order valence-electron chi connectivity index (χ4n) is 6.05. The van der Waals surface area contributed by atoms with Crippen molar-refractivity contribution >= 4 is 39.6 Å². The lowest BCUT2D eigenvalue weighted by molar-refractivity contribution is -0.135. The van der Waals surface area contributed by atoms with E-state index in [1.165, 1.54) is 44.2 Å². The summed E-state index contributed by atoms with van der Waals surface area (Å²) in [7, 11) is -1.27. The summed E-state index contributed by atoms with van der Waals surface area (Å²) < 4.78 is 41.6. The highest BCUT2D eigenvalue weighted by atomic mass is 32.2. The molecule has 1 aliphatic heterocycles. The number of carbonyl (C=O) groups excluding carboxylic acids is 5. The van der Waals surface area contributed by atoms with Gasteiger partial charge in [-0.25, -0.2) is 13.6 Å². The Morgan fingerprint density at radius 3 is 2.26 bits per heavy atom. The van der Waals surface area contributed by atoms with Gasteiger partial charge in [-0.3, -0.25) is 24.0 Å². The summed E-state index contributed by atoms with van der Waals surface area (Å²) in [6.45, 7) is 5.74. The van der Waals surface area contributed by atoms with Gasteiger partial charge >= 0.3 is 0 Å². The monoisotopic (exact) mass is 810 g/mol. The van der Waals surface area contributed by atoms with Crippen LogP contribution >= 0.6 is 0 Å². The van der Waals surface area contributed by atoms with Crippen molar-refractivity contribution in [1.29, 1.82) is 0 Å². The van der Waals surface area contributed by atoms with Crippen LogP contribution in [0.4, 0.5) is 0 Å². The van der Waals surface area contributed by atoms with Gasteiger partial charge in [-0.15, -0.1) is 0 Å². The number of sulfonamides is 1. The molecule has 18 heteroatoms. The maximum Gasteiger partial charge on any atom is 0.254 e. The molecule has 7 N–H and O–H groups in total. The number of nitrogens with zero attached hydrogens (tertiary/aromatic N) is 1. The van der Waals surface area contributed by atoms with Gasteiger partial charge in [0.25, 0.3) is 11.8 Å². The number of nitrogens with one attached hydrogen (secondary N) is 4. The normalized spacial score (nSPS) is 18.5. The topological polar surface area (TPSA) is 245 Å². The molecule has 4 rings (SSSR count). The summed E-state index contributed by atoms with van der Waals surface area (Å²) in [5.41, 5.74) is 1.09. The molecule has 0 aromatic heterocycles. The third-order valence-corrected chi connectivity index (χ3v) is 10.2. The van der Waals surface area contributed by atoms with Gasteiger partial charge in [-0.2, -0.15) is 0 Å². The first-order valence-corrected chi connectivity index (χ1v) is 19.8. The maximum absolute atomic E-state index is 13.9. The van der Waals surface area contributed by atoms with Crippen molar-refractivity contribution in [2.45, 2.75) is 70.2 Å². The highest BCUT2D eigenvalue weighted by Gasteiger charge is 2.32. The number of nitrogens with two attached hydrogens (primary N) is 1. The Labute approximate surface area is 331 Å². The number of amides is 5. The van der Waals surface area contributed by atoms with Gasteiger partial charge in [0.2, 0.25) is 27.7 Å². The van der Waals surface area contributed by atoms with E-state index in [1.807, 2.05) is 0 Å². The summed E-state index contributed by atoms with van der Waals surface area (Å²) in [5.74, 6) is -2.64. The minimum Gasteiger partial charge on any atom is -0.496 e. The molecule has 3 atom stereocenters. The maximum atomic E-state index is 13.9. The second-order valence-corrected chi connectivity index (χ2v) is 15.4. The molecule has 0 spiro atoms. The van der Waals surface area contributed by atoms with Crippen molar-refractivity contribution in [2.75, 3.05) is 33.9 Å². The molecule has 0 radical (unpaired) electrons. The van der Waals surface area contributed by atoms with Crippen LogP contribution in [-0.2, 0) is 31.0 Å². The average Bonchev–Trinajstić information content (AvgIpc) is 3.16. The molecule has 308 valence electrons. The minimum atomic E-state index is -4.17. The van der Waals surface area contributed by atoms with Crippen molar-refractivity contribution in [3.05, 3.63) is 76.9 Å². The molecule has 5 amide bonds. The van der Waals surface area contributed by atoms with Crippen molar-refractivity contribution < 1.29 is 51.7 Å². The van der Waals surface area contributed by atoms with E-state index in [2.05, 4.69) is 21.3 Å². The Balaban J connectivity index is 1.72. The van der Waals surface area contributed by atoms with E-state index in [-0.39, 0.29) is 53.6 Å². The van der Waals surface area contributed by atoms with Gasteiger partial charge in [0.05, 0.1) is 43.9 Å². The van der Waals surface area contributed by atoms with Gasteiger partial charge < -0.3 is 45.5 Å². The van der Waals surface area contributed by atoms with E-state index < -0.39 is 70.2 Å². The van der Waals surface area contributed by atoms with Crippen molar-refractivity contribution in [3.63, 3.8) is 0 Å². The fraction of sp³-hybridized carbons (Fsp3) is 0.410. The predicted molar refractivity (Wildman–Crippen MR) is 208 cm³/mol. The molecule has 57 heavy (non-hydrogen) atoms. The minimum absolute atomic E-state index is 0.0205. The number of aliphatic hydroxyl groups excluding tert-OH is 1. The summed E-state index contributed by atoms with van der Waals surface area (Å²) in [6.07, 6.45) is -0.783. The Morgan fingerprint density at radius 2 is 1.61 bits per heavy atom. The second-order valence-electron chi connectivity index (χ2n) is 13.8. The molecule has 3 aromatic rings. The number of methoxy groups -OCH3 is 2. The fourth-order valence-corrected chi connectivity index (χ4v) is 6.59. The quantitative estimate of drug-likeness (QED) is 0.209. The zero-order chi connectivity index (χ0) is 42.0. The first-order valence-electron chi connectivity index (χ1n) is 18.2. The average molecular weight is 811 g/mol. The van der Waals surface area contributed by atoms with E-state index in [1.54, 1.807) is 51.1 Å². The summed E-state index contributed by atoms with van der Waals surface area (Å²) in [5, 5.41) is 26.7. The second kappa shape index (κ2) is 19.4. The largest absolute Gasteiger partial charge is 0.496 e. The number of aryl methyl sites for hydroxylation is 1. The van der Waals surface area contributed by atoms with Gasteiger partial charge in [0.1, 0.15) is 23.6 Å². The molecule has 1 aliphatic rings. The molecule has 0 saturated heterocycles. The first kappa shape index (κ1) is 44.0. The molecule has 0 unspecified atom stereocenters. The number of hydrogen-bond donors (Lipinski definition) is 6. The van der Waals surface area contributed by atoms with Crippen LogP contribution in [0.2, 0.25) is 0 Å². The number of fused-ring (bicyclic) bond motifs is 3. The van der Waals surface area contributed by atoms with Gasteiger partial charge in [-0.05, 0) is 80.6 Å². The lowest BCUT2D eigenvalue weighted by atomic mass is 10.0. The van der Waals surface area contributed by atoms with Crippen LogP contribution in [0.15, 0.2) is 59.5 Å². The Kier molecular flexibility index (Phi) is 15.0. The molecule has 2 bridgehead atoms. The smallest absolute Gasteiger partial charge is 0.254 e. The van der Waals surface area contributed by atoms with Crippen LogP contribution < -0.4 is 40.6 Å². The number of primary sulfonamides is 1. The summed E-state index contributed by atoms with van der Waals surface area (Å²) in [6, 6.07) is 10.8. The SMILES string of the molecule is COc1ccc2cc1Oc1cccc(OC)c1CNC(=O)[C@@H](C(C)C)NC(=O)[C@H]([C@@H](C)O)NC(=O)CN(C(=O)c1cc(S(N)(=O)=O)ccc1C)CCCCNC2=O. The lowest BCUT2D eigenvalue weighted by Gasteiger charge is -2.28. The number of benzene rings is 3. The summed E-state index contributed by atoms with van der Waals surface area (Å²) >= 11 is 0. The highest BCUT2D eigenvalue weighted by Crippen LogP contribution is 2.37. The van der Waals surface area contributed by atoms with E-state index in [0.717, 1.165) is 6.07 Å². The van der Waals surface area contributed by atoms with Gasteiger partial charge in [0, 0.05) is 24.2 Å². The van der Waals surface area contributed by atoms with Crippen LogP contribution in [0.3, 0.4) is 0 Å². The zero-order valence-corrected chi connectivity index (χ0v) is 33.5. The van der Waals surface area contributed by atoms with Crippen LogP contribution in [0.5, 0.6) is 23.0 Å². The molecule has 1 heterocycles. The molecule has 0 fully saturated rings. The zero-order valence-electron chi connectivity index (χ0n) is 32.7. The van der Waals surface area contributed by atoms with Crippen LogP contribution in [0.1, 0.15) is 65.5 Å². The molecule has 17 nitrogen and oxygen atoms in total. The number of ether oxygens (including phenoxy) is 3. The van der Waals surface area contributed by atoms with Crippen LogP contribution in [0, 0.1) is 12.8 Å². The van der Waals surface area contributed by atoms with Gasteiger partial charge in [0.15, 0.2) is 11.5 Å². The third-order valence-electron chi connectivity index (χ3n) is 9.25. The summed E-state index contributed by atoms with van der Waals surface area (Å²) in [4.78, 5) is 68.9. The van der Waals surface area contributed by atoms with Crippen molar-refractivity contribution in [2.24, 2.45) is 11.1 Å². The third kappa shape index (κ3) is 11.4. The molecular formula is C39H50N6O11S. The van der Waals surface area contributed by atoms with E-state index in [4.69, 9.17) is 19.3 Å². The van der Waals surface area contributed by atoms with Crippen LogP contribution in [0.25, 0.3) is 0 Å². The Hall–Kier alpha value is -5.72. The molecular weight excluding hydrogens is 761 g/mol. The number of carbonyl (C=O) groups is 5. The number of rotatable bonds is 6. The van der Waals surface area contributed by atoms with E-state index in [9.17, 15) is 37.5 Å². The first-order chi connectivity index (χ1) is 26.9. The van der Waals surface area contributed by atoms with Crippen molar-refractivity contribution in [1.82, 2.24) is 26.2 Å². The van der Waals surface area contributed by atoms with Crippen molar-refractivity contribution in [3.8, 4) is 23.0 Å². The Morgan fingerprint density at radius 1 is 0.895 bits per heavy atom. The molecule has 0 saturated carbocycles. The highest BCUT2D eigenvalue weighted by molar-refractivity contribution is 7.89.